The molecule has 0 aromatic carbocycles. The van der Waals surface area contributed by atoms with Crippen LogP contribution in [0.3, 0.4) is 0 Å². The molecule has 0 aliphatic heterocycles. The van der Waals surface area contributed by atoms with Crippen LogP contribution < -0.4 is 5.32 Å². The third-order valence-corrected chi connectivity index (χ3v) is 3.15. The van der Waals surface area contributed by atoms with Crippen molar-refractivity contribution < 1.29 is 14.3 Å². The Hall–Kier alpha value is -1.07. The van der Waals surface area contributed by atoms with E-state index in [2.05, 4.69) is 10.1 Å². The molecular weight excluding hydrogens is 250 g/mol. The van der Waals surface area contributed by atoms with Gasteiger partial charge in [-0.2, -0.15) is 0 Å². The van der Waals surface area contributed by atoms with E-state index in [9.17, 15) is 9.59 Å². The van der Waals surface area contributed by atoms with Gasteiger partial charge in [-0.05, 0) is 18.6 Å². The van der Waals surface area contributed by atoms with Crippen LogP contribution in [0.2, 0.25) is 4.34 Å². The Bertz CT molecular complexity index is 378. The number of esters is 1. The predicted molar refractivity (Wildman–Crippen MR) is 62.7 cm³/mol. The Morgan fingerprint density at radius 1 is 1.50 bits per heavy atom. The van der Waals surface area contributed by atoms with Crippen molar-refractivity contribution in [3.8, 4) is 0 Å². The molecule has 1 amide bonds. The van der Waals surface area contributed by atoms with Crippen molar-refractivity contribution in [1.29, 1.82) is 0 Å². The highest BCUT2D eigenvalue weighted by Crippen LogP contribution is 2.21. The first-order valence-electron chi connectivity index (χ1n) is 4.69. The molecule has 6 heteroatoms. The topological polar surface area (TPSA) is 55.4 Å². The van der Waals surface area contributed by atoms with E-state index in [0.29, 0.717) is 13.0 Å². The average molecular weight is 262 g/mol. The molecule has 0 radical (unpaired) electrons. The van der Waals surface area contributed by atoms with Crippen LogP contribution in [0.15, 0.2) is 12.1 Å². The lowest BCUT2D eigenvalue weighted by molar-refractivity contribution is -0.143. The second-order valence-electron chi connectivity index (χ2n) is 3.06. The van der Waals surface area contributed by atoms with Crippen molar-refractivity contribution in [2.75, 3.05) is 13.7 Å². The van der Waals surface area contributed by atoms with Crippen molar-refractivity contribution in [3.63, 3.8) is 0 Å². The van der Waals surface area contributed by atoms with Gasteiger partial charge in [0.25, 0.3) is 0 Å². The van der Waals surface area contributed by atoms with Crippen LogP contribution in [0, 0.1) is 0 Å². The average Bonchev–Trinajstić information content (AvgIpc) is 2.64. The fourth-order valence-electron chi connectivity index (χ4n) is 1.08. The predicted octanol–water partition coefficient (Wildman–Crippen LogP) is 1.62. The Labute approximate surface area is 103 Å². The molecule has 0 atom stereocenters. The summed E-state index contributed by atoms with van der Waals surface area (Å²) in [5.74, 6) is -0.855. The Morgan fingerprint density at radius 2 is 2.25 bits per heavy atom. The van der Waals surface area contributed by atoms with Crippen molar-refractivity contribution in [3.05, 3.63) is 21.3 Å². The number of hydrogen-bond acceptors (Lipinski definition) is 4. The highest BCUT2D eigenvalue weighted by Gasteiger charge is 2.08. The molecule has 1 N–H and O–H groups in total. The number of ether oxygens (including phenoxy) is 1. The third kappa shape index (κ3) is 4.63. The van der Waals surface area contributed by atoms with Gasteiger partial charge < -0.3 is 10.1 Å². The lowest BCUT2D eigenvalue weighted by atomic mass is 10.3. The Morgan fingerprint density at radius 3 is 2.81 bits per heavy atom. The normalized spacial score (nSPS) is 9.88. The van der Waals surface area contributed by atoms with E-state index >= 15 is 0 Å². The van der Waals surface area contributed by atoms with E-state index in [1.165, 1.54) is 18.4 Å². The number of methoxy groups -OCH3 is 1. The van der Waals surface area contributed by atoms with E-state index in [1.807, 2.05) is 12.1 Å². The number of rotatable bonds is 5. The van der Waals surface area contributed by atoms with Crippen LogP contribution in [0.25, 0.3) is 0 Å². The smallest absolute Gasteiger partial charge is 0.315 e. The Balaban J connectivity index is 2.20. The van der Waals surface area contributed by atoms with Crippen molar-refractivity contribution in [1.82, 2.24) is 5.32 Å². The molecular formula is C10H12ClNO3S. The van der Waals surface area contributed by atoms with Gasteiger partial charge in [-0.3, -0.25) is 9.59 Å². The van der Waals surface area contributed by atoms with Crippen LogP contribution in [-0.2, 0) is 20.7 Å². The fraction of sp³-hybridized carbons (Fsp3) is 0.400. The van der Waals surface area contributed by atoms with Gasteiger partial charge in [0.2, 0.25) is 5.91 Å². The maximum absolute atomic E-state index is 11.2. The molecule has 0 saturated heterocycles. The van der Waals surface area contributed by atoms with Gasteiger partial charge in [0.05, 0.1) is 11.4 Å². The molecule has 0 spiro atoms. The molecule has 4 nitrogen and oxygen atoms in total. The molecule has 0 aliphatic carbocycles. The second kappa shape index (κ2) is 6.50. The summed E-state index contributed by atoms with van der Waals surface area (Å²) in [6, 6.07) is 3.73. The van der Waals surface area contributed by atoms with Gasteiger partial charge in [0.1, 0.15) is 6.42 Å². The lowest BCUT2D eigenvalue weighted by Crippen LogP contribution is -2.27. The van der Waals surface area contributed by atoms with E-state index in [1.54, 1.807) is 0 Å². The standard InChI is InChI=1S/C10H12ClNO3S/c1-15-10(14)6-9(13)12-5-4-7-2-3-8(11)16-7/h2-3H,4-6H2,1H3,(H,12,13). The second-order valence-corrected chi connectivity index (χ2v) is 4.86. The number of carbonyl (C=O) groups excluding carboxylic acids is 2. The van der Waals surface area contributed by atoms with Crippen LogP contribution in [-0.4, -0.2) is 25.5 Å². The minimum atomic E-state index is -0.531. The molecule has 0 unspecified atom stereocenters. The number of thiophene rings is 1. The first kappa shape index (κ1) is 13.0. The first-order chi connectivity index (χ1) is 7.61. The molecule has 0 bridgehead atoms. The molecule has 1 aromatic rings. The summed E-state index contributed by atoms with van der Waals surface area (Å²) in [4.78, 5) is 23.0. The molecule has 88 valence electrons. The summed E-state index contributed by atoms with van der Waals surface area (Å²) in [5, 5.41) is 2.63. The van der Waals surface area contributed by atoms with Crippen LogP contribution in [0.5, 0.6) is 0 Å². The minimum Gasteiger partial charge on any atom is -0.469 e. The van der Waals surface area contributed by atoms with Gasteiger partial charge >= 0.3 is 5.97 Å². The monoisotopic (exact) mass is 261 g/mol. The van der Waals surface area contributed by atoms with Gasteiger partial charge in [0, 0.05) is 11.4 Å². The molecule has 1 heterocycles. The van der Waals surface area contributed by atoms with Crippen LogP contribution >= 0.6 is 22.9 Å². The van der Waals surface area contributed by atoms with E-state index < -0.39 is 5.97 Å². The maximum atomic E-state index is 11.2. The summed E-state index contributed by atoms with van der Waals surface area (Å²) in [7, 11) is 1.25. The molecule has 0 aliphatic rings. The van der Waals surface area contributed by atoms with E-state index in [4.69, 9.17) is 11.6 Å². The number of hydrogen-bond donors (Lipinski definition) is 1. The zero-order valence-electron chi connectivity index (χ0n) is 8.79. The van der Waals surface area contributed by atoms with Crippen molar-refractivity contribution in [2.45, 2.75) is 12.8 Å². The first-order valence-corrected chi connectivity index (χ1v) is 5.89. The van der Waals surface area contributed by atoms with E-state index in [0.717, 1.165) is 9.21 Å². The lowest BCUT2D eigenvalue weighted by Gasteiger charge is -2.02. The van der Waals surface area contributed by atoms with Crippen molar-refractivity contribution in [2.24, 2.45) is 0 Å². The van der Waals surface area contributed by atoms with Gasteiger partial charge in [-0.15, -0.1) is 11.3 Å². The largest absolute Gasteiger partial charge is 0.469 e. The van der Waals surface area contributed by atoms with Crippen LogP contribution in [0.4, 0.5) is 0 Å². The van der Waals surface area contributed by atoms with Gasteiger partial charge in [-0.25, -0.2) is 0 Å². The molecule has 1 rings (SSSR count). The van der Waals surface area contributed by atoms with Gasteiger partial charge in [-0.1, -0.05) is 11.6 Å². The fourth-order valence-corrected chi connectivity index (χ4v) is 2.16. The molecule has 1 aromatic heterocycles. The maximum Gasteiger partial charge on any atom is 0.315 e. The highest BCUT2D eigenvalue weighted by atomic mass is 35.5. The quantitative estimate of drug-likeness (QED) is 0.647. The molecule has 0 fully saturated rings. The summed E-state index contributed by atoms with van der Waals surface area (Å²) in [6.45, 7) is 0.493. The number of halogens is 1. The summed E-state index contributed by atoms with van der Waals surface area (Å²) in [6.07, 6.45) is 0.478. The van der Waals surface area contributed by atoms with E-state index in [-0.39, 0.29) is 12.3 Å². The number of amides is 1. The SMILES string of the molecule is COC(=O)CC(=O)NCCc1ccc(Cl)s1. The zero-order valence-corrected chi connectivity index (χ0v) is 10.4. The van der Waals surface area contributed by atoms with Crippen LogP contribution in [0.1, 0.15) is 11.3 Å². The van der Waals surface area contributed by atoms with Crippen molar-refractivity contribution >= 4 is 34.8 Å². The summed E-state index contributed by atoms with van der Waals surface area (Å²) >= 11 is 7.24. The Kier molecular flexibility index (Phi) is 5.28. The summed E-state index contributed by atoms with van der Waals surface area (Å²) in [5.41, 5.74) is 0. The minimum absolute atomic E-state index is 0.234. The summed E-state index contributed by atoms with van der Waals surface area (Å²) < 4.78 is 5.11. The number of carbonyl (C=O) groups is 2. The number of nitrogens with one attached hydrogen (secondary N) is 1. The highest BCUT2D eigenvalue weighted by molar-refractivity contribution is 7.16. The molecule has 0 saturated carbocycles. The third-order valence-electron chi connectivity index (χ3n) is 1.85. The molecule has 16 heavy (non-hydrogen) atoms. The zero-order chi connectivity index (χ0) is 12.0. The van der Waals surface area contributed by atoms with Gasteiger partial charge in [0.15, 0.2) is 0 Å².